The molecule has 3 aromatic heterocycles. The minimum atomic E-state index is 0.194. The van der Waals surface area contributed by atoms with Crippen molar-refractivity contribution in [3.05, 3.63) is 48.0 Å². The molecule has 1 saturated heterocycles. The molecule has 1 aliphatic carbocycles. The van der Waals surface area contributed by atoms with E-state index in [1.54, 1.807) is 12.3 Å². The Morgan fingerprint density at radius 1 is 1.26 bits per heavy atom. The zero-order valence-corrected chi connectivity index (χ0v) is 15.1. The third-order valence-corrected chi connectivity index (χ3v) is 5.27. The molecule has 0 aromatic carbocycles. The quantitative estimate of drug-likeness (QED) is 0.728. The molecule has 0 unspecified atom stereocenters. The Hall–Kier alpha value is -3.09. The number of imidazole rings is 1. The van der Waals surface area contributed by atoms with E-state index in [0.29, 0.717) is 24.7 Å². The maximum Gasteiger partial charge on any atom is 0.227 e. The van der Waals surface area contributed by atoms with Crippen molar-refractivity contribution >= 4 is 28.7 Å². The Bertz CT molecular complexity index is 1020. The Kier molecular flexibility index (Phi) is 3.74. The van der Waals surface area contributed by atoms with Crippen molar-refractivity contribution in [2.45, 2.75) is 38.1 Å². The Balaban J connectivity index is 1.49. The zero-order valence-electron chi connectivity index (χ0n) is 15.1. The van der Waals surface area contributed by atoms with Crippen molar-refractivity contribution in [2.75, 3.05) is 22.5 Å². The summed E-state index contributed by atoms with van der Waals surface area (Å²) in [4.78, 5) is 23.0. The highest BCUT2D eigenvalue weighted by molar-refractivity contribution is 5.98. The van der Waals surface area contributed by atoms with Crippen LogP contribution in [-0.2, 0) is 11.3 Å². The molecule has 3 N–H and O–H groups in total. The summed E-state index contributed by atoms with van der Waals surface area (Å²) in [5.74, 6) is 1.30. The van der Waals surface area contributed by atoms with Gasteiger partial charge in [-0.25, -0.2) is 9.97 Å². The van der Waals surface area contributed by atoms with Crippen LogP contribution < -0.4 is 16.0 Å². The van der Waals surface area contributed by atoms with Crippen LogP contribution in [0.5, 0.6) is 0 Å². The molecule has 1 saturated carbocycles. The van der Waals surface area contributed by atoms with Crippen LogP contribution in [-0.4, -0.2) is 26.8 Å². The summed E-state index contributed by atoms with van der Waals surface area (Å²) >= 11 is 0. The first-order valence-corrected chi connectivity index (χ1v) is 9.45. The van der Waals surface area contributed by atoms with Crippen LogP contribution in [0, 0.1) is 0 Å². The Morgan fingerprint density at radius 2 is 2.15 bits per heavy atom. The van der Waals surface area contributed by atoms with Gasteiger partial charge in [-0.1, -0.05) is 0 Å². The number of nitrogens with one attached hydrogen (secondary N) is 1. The van der Waals surface area contributed by atoms with E-state index in [1.165, 1.54) is 18.4 Å². The van der Waals surface area contributed by atoms with Crippen LogP contribution in [0.3, 0.4) is 0 Å². The maximum atomic E-state index is 12.3. The normalized spacial score (nSPS) is 17.0. The van der Waals surface area contributed by atoms with Crippen molar-refractivity contribution in [1.29, 1.82) is 0 Å². The van der Waals surface area contributed by atoms with E-state index >= 15 is 0 Å². The van der Waals surface area contributed by atoms with Crippen molar-refractivity contribution in [3.63, 3.8) is 0 Å². The lowest BCUT2D eigenvalue weighted by molar-refractivity contribution is -0.117. The van der Waals surface area contributed by atoms with Gasteiger partial charge in [-0.3, -0.25) is 4.79 Å². The first kappa shape index (κ1) is 16.1. The highest BCUT2D eigenvalue weighted by Crippen LogP contribution is 2.42. The lowest BCUT2D eigenvalue weighted by atomic mass is 10.1. The summed E-state index contributed by atoms with van der Waals surface area (Å²) in [7, 11) is 0. The molecule has 1 aliphatic heterocycles. The number of hydrogen-bond acceptors (Lipinski definition) is 5. The third kappa shape index (κ3) is 3.09. The monoisotopic (exact) mass is 362 g/mol. The number of nitrogens with zero attached hydrogens (tertiary/aromatic N) is 4. The van der Waals surface area contributed by atoms with Gasteiger partial charge in [0.05, 0.1) is 17.9 Å². The van der Waals surface area contributed by atoms with E-state index < -0.39 is 0 Å². The second kappa shape index (κ2) is 6.26. The van der Waals surface area contributed by atoms with E-state index in [0.717, 1.165) is 35.7 Å². The fourth-order valence-electron chi connectivity index (χ4n) is 3.73. The molecule has 27 heavy (non-hydrogen) atoms. The number of amides is 1. The zero-order chi connectivity index (χ0) is 18.4. The van der Waals surface area contributed by atoms with E-state index in [9.17, 15) is 4.79 Å². The van der Waals surface area contributed by atoms with Gasteiger partial charge in [0, 0.05) is 43.3 Å². The fraction of sp³-hybridized carbons (Fsp3) is 0.350. The number of carbonyl (C=O) groups is 1. The van der Waals surface area contributed by atoms with E-state index in [2.05, 4.69) is 27.0 Å². The molecular formula is C20H22N6O. The molecule has 3 aromatic rings. The molecule has 0 bridgehead atoms. The van der Waals surface area contributed by atoms with Crippen LogP contribution in [0.2, 0.25) is 0 Å². The molecule has 5 rings (SSSR count). The molecular weight excluding hydrogens is 340 g/mol. The summed E-state index contributed by atoms with van der Waals surface area (Å²) in [6.45, 7) is 1.36. The summed E-state index contributed by atoms with van der Waals surface area (Å²) in [6, 6.07) is 5.85. The third-order valence-electron chi connectivity index (χ3n) is 5.27. The summed E-state index contributed by atoms with van der Waals surface area (Å²) < 4.78 is 2.08. The lowest BCUT2D eigenvalue weighted by Crippen LogP contribution is -2.24. The van der Waals surface area contributed by atoms with Crippen LogP contribution >= 0.6 is 0 Å². The summed E-state index contributed by atoms with van der Waals surface area (Å²) in [5, 5.41) is 3.33. The topological polar surface area (TPSA) is 88.5 Å². The van der Waals surface area contributed by atoms with Gasteiger partial charge in [-0.05, 0) is 42.9 Å². The van der Waals surface area contributed by atoms with E-state index in [4.69, 9.17) is 10.7 Å². The number of fused-ring (bicyclic) bond motifs is 1. The highest BCUT2D eigenvalue weighted by atomic mass is 16.2. The van der Waals surface area contributed by atoms with Crippen molar-refractivity contribution < 1.29 is 4.79 Å². The summed E-state index contributed by atoms with van der Waals surface area (Å²) in [6.07, 6.45) is 9.88. The second-order valence-corrected chi connectivity index (χ2v) is 7.37. The number of rotatable bonds is 5. The summed E-state index contributed by atoms with van der Waals surface area (Å²) in [5.41, 5.74) is 10.7. The first-order valence-electron chi connectivity index (χ1n) is 9.45. The second-order valence-electron chi connectivity index (χ2n) is 7.37. The molecule has 0 radical (unpaired) electrons. The smallest absolute Gasteiger partial charge is 0.227 e. The molecule has 0 spiro atoms. The van der Waals surface area contributed by atoms with Crippen LogP contribution in [0.1, 0.15) is 42.9 Å². The predicted molar refractivity (Wildman–Crippen MR) is 105 cm³/mol. The molecule has 1 amide bonds. The van der Waals surface area contributed by atoms with Crippen molar-refractivity contribution in [1.82, 2.24) is 14.4 Å². The number of nitrogen functional groups attached to an aromatic ring is 1. The number of anilines is 3. The Morgan fingerprint density at radius 3 is 2.89 bits per heavy atom. The fourth-order valence-corrected chi connectivity index (χ4v) is 3.73. The average Bonchev–Trinajstić information content (AvgIpc) is 3.29. The highest BCUT2D eigenvalue weighted by Gasteiger charge is 2.29. The maximum absolute atomic E-state index is 12.3. The number of nitrogens with two attached hydrogens (primary N) is 1. The van der Waals surface area contributed by atoms with Gasteiger partial charge in [0.2, 0.25) is 5.91 Å². The molecule has 2 fully saturated rings. The van der Waals surface area contributed by atoms with Crippen LogP contribution in [0.4, 0.5) is 17.2 Å². The van der Waals surface area contributed by atoms with Gasteiger partial charge in [0.1, 0.15) is 5.82 Å². The predicted octanol–water partition coefficient (Wildman–Crippen LogP) is 2.93. The largest absolute Gasteiger partial charge is 0.384 e. The molecule has 0 atom stereocenters. The van der Waals surface area contributed by atoms with Crippen molar-refractivity contribution in [2.24, 2.45) is 0 Å². The van der Waals surface area contributed by atoms with Gasteiger partial charge >= 0.3 is 0 Å². The van der Waals surface area contributed by atoms with Crippen LogP contribution in [0.15, 0.2) is 36.8 Å². The SMILES string of the molecule is Nc1cc(NCc2cn3cc(C4CC4)cc(N4CCCC4=O)c3n2)ccn1. The van der Waals surface area contributed by atoms with Crippen molar-refractivity contribution in [3.8, 4) is 0 Å². The number of pyridine rings is 2. The number of aromatic nitrogens is 3. The van der Waals surface area contributed by atoms with E-state index in [-0.39, 0.29) is 5.91 Å². The average molecular weight is 362 g/mol. The Labute approximate surface area is 157 Å². The van der Waals surface area contributed by atoms with Gasteiger partial charge < -0.3 is 20.4 Å². The lowest BCUT2D eigenvalue weighted by Gasteiger charge is -2.17. The van der Waals surface area contributed by atoms with Gasteiger partial charge in [-0.2, -0.15) is 0 Å². The van der Waals surface area contributed by atoms with Gasteiger partial charge in [0.25, 0.3) is 0 Å². The molecule has 138 valence electrons. The molecule has 7 nitrogen and oxygen atoms in total. The minimum absolute atomic E-state index is 0.194. The number of hydrogen-bond donors (Lipinski definition) is 2. The minimum Gasteiger partial charge on any atom is -0.384 e. The van der Waals surface area contributed by atoms with E-state index in [1.807, 2.05) is 17.2 Å². The molecule has 7 heteroatoms. The van der Waals surface area contributed by atoms with Crippen LogP contribution in [0.25, 0.3) is 5.65 Å². The van der Waals surface area contributed by atoms with Gasteiger partial charge in [-0.15, -0.1) is 0 Å². The molecule has 4 heterocycles. The molecule has 2 aliphatic rings. The standard InChI is InChI=1S/C20H22N6O/c21-18-9-15(5-6-22-18)23-10-16-12-25-11-14(13-3-4-13)8-17(20(25)24-16)26-7-1-2-19(26)27/h5-6,8-9,11-13H,1-4,7,10H2,(H3,21,22,23). The number of carbonyl (C=O) groups excluding carboxylic acids is 1. The van der Waals surface area contributed by atoms with Gasteiger partial charge in [0.15, 0.2) is 5.65 Å². The first-order chi connectivity index (χ1) is 13.2.